The SMILES string of the molecule is O=C(NCCCOC1CCCC1)C1CCN(Cc2nc(-c3cccc(Br)c3)no2)CC1. The Morgan fingerprint density at radius 1 is 1.23 bits per heavy atom. The minimum atomic E-state index is 0.0897. The summed E-state index contributed by atoms with van der Waals surface area (Å²) in [5, 5.41) is 7.19. The summed E-state index contributed by atoms with van der Waals surface area (Å²) in [7, 11) is 0. The van der Waals surface area contributed by atoms with E-state index in [2.05, 4.69) is 36.3 Å². The van der Waals surface area contributed by atoms with Crippen LogP contribution in [0.2, 0.25) is 0 Å². The molecule has 2 fully saturated rings. The Bertz CT molecular complexity index is 845. The molecule has 8 heteroatoms. The van der Waals surface area contributed by atoms with Gasteiger partial charge in [0.15, 0.2) is 0 Å². The lowest BCUT2D eigenvalue weighted by molar-refractivity contribution is -0.126. The van der Waals surface area contributed by atoms with Crippen molar-refractivity contribution in [2.75, 3.05) is 26.2 Å². The number of ether oxygens (including phenoxy) is 1. The van der Waals surface area contributed by atoms with Gasteiger partial charge in [0.05, 0.1) is 12.6 Å². The lowest BCUT2D eigenvalue weighted by Crippen LogP contribution is -2.40. The van der Waals surface area contributed by atoms with E-state index >= 15 is 0 Å². The van der Waals surface area contributed by atoms with Crippen LogP contribution in [0.25, 0.3) is 11.4 Å². The third-order valence-corrected chi connectivity index (χ3v) is 6.64. The van der Waals surface area contributed by atoms with Gasteiger partial charge in [-0.3, -0.25) is 9.69 Å². The van der Waals surface area contributed by atoms with Crippen LogP contribution in [0, 0.1) is 5.92 Å². The number of hydrogen-bond donors (Lipinski definition) is 1. The quantitative estimate of drug-likeness (QED) is 0.531. The normalized spacial score (nSPS) is 18.5. The van der Waals surface area contributed by atoms with E-state index < -0.39 is 0 Å². The maximum absolute atomic E-state index is 12.5. The second-order valence-electron chi connectivity index (χ2n) is 8.49. The Morgan fingerprint density at radius 3 is 2.81 bits per heavy atom. The minimum Gasteiger partial charge on any atom is -0.378 e. The fourth-order valence-electron chi connectivity index (χ4n) is 4.34. The van der Waals surface area contributed by atoms with Crippen LogP contribution in [-0.2, 0) is 16.1 Å². The predicted octanol–water partition coefficient (Wildman–Crippen LogP) is 4.18. The van der Waals surface area contributed by atoms with Crippen molar-refractivity contribution in [3.63, 3.8) is 0 Å². The van der Waals surface area contributed by atoms with Gasteiger partial charge in [0.25, 0.3) is 0 Å². The van der Waals surface area contributed by atoms with Crippen molar-refractivity contribution < 1.29 is 14.1 Å². The Labute approximate surface area is 192 Å². The number of carbonyl (C=O) groups is 1. The Hall–Kier alpha value is -1.77. The van der Waals surface area contributed by atoms with Crippen LogP contribution in [-0.4, -0.2) is 53.3 Å². The van der Waals surface area contributed by atoms with E-state index in [9.17, 15) is 4.79 Å². The van der Waals surface area contributed by atoms with E-state index in [0.717, 1.165) is 49.0 Å². The lowest BCUT2D eigenvalue weighted by atomic mass is 9.96. The highest BCUT2D eigenvalue weighted by Gasteiger charge is 2.26. The van der Waals surface area contributed by atoms with Gasteiger partial charge in [-0.1, -0.05) is 46.1 Å². The van der Waals surface area contributed by atoms with Crippen LogP contribution in [0.5, 0.6) is 0 Å². The highest BCUT2D eigenvalue weighted by Crippen LogP contribution is 2.23. The molecule has 1 saturated heterocycles. The molecule has 1 N–H and O–H groups in total. The largest absolute Gasteiger partial charge is 0.378 e. The molecule has 2 heterocycles. The molecule has 0 atom stereocenters. The number of likely N-dealkylation sites (tertiary alicyclic amines) is 1. The molecular weight excluding hydrogens is 460 g/mol. The summed E-state index contributed by atoms with van der Waals surface area (Å²) >= 11 is 3.47. The van der Waals surface area contributed by atoms with Gasteiger partial charge in [-0.05, 0) is 57.3 Å². The molecule has 0 bridgehead atoms. The number of nitrogens with zero attached hydrogens (tertiary/aromatic N) is 3. The Balaban J connectivity index is 1.14. The summed E-state index contributed by atoms with van der Waals surface area (Å²) in [5.74, 6) is 1.48. The molecule has 1 aromatic carbocycles. The standard InChI is InChI=1S/C23H31BrN4O3/c24-19-6-3-5-18(15-19)22-26-21(31-27-22)16-28-12-9-17(10-13-28)23(29)25-11-4-14-30-20-7-1-2-8-20/h3,5-6,15,17,20H,1-2,4,7-14,16H2,(H,25,29). The third kappa shape index (κ3) is 6.60. The second kappa shape index (κ2) is 11.2. The van der Waals surface area contributed by atoms with Crippen LogP contribution in [0.4, 0.5) is 0 Å². The van der Waals surface area contributed by atoms with Gasteiger partial charge in [-0.25, -0.2) is 0 Å². The smallest absolute Gasteiger partial charge is 0.241 e. The molecule has 2 aromatic rings. The molecule has 4 rings (SSSR count). The predicted molar refractivity (Wildman–Crippen MR) is 121 cm³/mol. The summed E-state index contributed by atoms with van der Waals surface area (Å²) in [6.45, 7) is 3.78. The number of benzene rings is 1. The van der Waals surface area contributed by atoms with E-state index in [1.807, 2.05) is 24.3 Å². The average molecular weight is 491 g/mol. The number of nitrogens with one attached hydrogen (secondary N) is 1. The molecule has 2 aliphatic rings. The zero-order valence-corrected chi connectivity index (χ0v) is 19.5. The number of hydrogen-bond acceptors (Lipinski definition) is 6. The lowest BCUT2D eigenvalue weighted by Gasteiger charge is -2.30. The average Bonchev–Trinajstić information content (AvgIpc) is 3.46. The first-order chi connectivity index (χ1) is 15.2. The molecule has 1 saturated carbocycles. The highest BCUT2D eigenvalue weighted by atomic mass is 79.9. The van der Waals surface area contributed by atoms with Crippen LogP contribution >= 0.6 is 15.9 Å². The summed E-state index contributed by atoms with van der Waals surface area (Å²) in [5.41, 5.74) is 0.924. The minimum absolute atomic E-state index is 0.0897. The molecular formula is C23H31BrN4O3. The molecule has 1 aromatic heterocycles. The van der Waals surface area contributed by atoms with E-state index in [1.165, 1.54) is 25.7 Å². The molecule has 168 valence electrons. The van der Waals surface area contributed by atoms with Crippen molar-refractivity contribution >= 4 is 21.8 Å². The van der Waals surface area contributed by atoms with Crippen molar-refractivity contribution in [3.8, 4) is 11.4 Å². The summed E-state index contributed by atoms with van der Waals surface area (Å²) in [4.78, 5) is 19.3. The van der Waals surface area contributed by atoms with Gasteiger partial charge in [-0.15, -0.1) is 0 Å². The molecule has 7 nitrogen and oxygen atoms in total. The molecule has 0 spiro atoms. The summed E-state index contributed by atoms with van der Waals surface area (Å²) in [6, 6.07) is 7.85. The van der Waals surface area contributed by atoms with Gasteiger partial charge in [-0.2, -0.15) is 4.98 Å². The first-order valence-corrected chi connectivity index (χ1v) is 12.2. The third-order valence-electron chi connectivity index (χ3n) is 6.14. The first-order valence-electron chi connectivity index (χ1n) is 11.4. The fraction of sp³-hybridized carbons (Fsp3) is 0.609. The number of aromatic nitrogens is 2. The zero-order valence-electron chi connectivity index (χ0n) is 17.9. The van der Waals surface area contributed by atoms with E-state index in [4.69, 9.17) is 9.26 Å². The van der Waals surface area contributed by atoms with E-state index in [1.54, 1.807) is 0 Å². The molecule has 31 heavy (non-hydrogen) atoms. The summed E-state index contributed by atoms with van der Waals surface area (Å²) in [6.07, 6.45) is 8.02. The first kappa shape index (κ1) is 22.4. The number of piperidine rings is 1. The molecule has 1 aliphatic heterocycles. The maximum Gasteiger partial charge on any atom is 0.241 e. The summed E-state index contributed by atoms with van der Waals surface area (Å²) < 4.78 is 12.3. The molecule has 1 aliphatic carbocycles. The number of rotatable bonds is 9. The van der Waals surface area contributed by atoms with Crippen LogP contribution in [0.15, 0.2) is 33.3 Å². The highest BCUT2D eigenvalue weighted by molar-refractivity contribution is 9.10. The molecule has 0 unspecified atom stereocenters. The number of carbonyl (C=O) groups excluding carboxylic acids is 1. The Morgan fingerprint density at radius 2 is 2.03 bits per heavy atom. The van der Waals surface area contributed by atoms with Gasteiger partial charge in [0, 0.05) is 29.1 Å². The number of amides is 1. The number of halogens is 1. The van der Waals surface area contributed by atoms with Gasteiger partial charge < -0.3 is 14.6 Å². The monoisotopic (exact) mass is 490 g/mol. The van der Waals surface area contributed by atoms with Crippen molar-refractivity contribution in [2.24, 2.45) is 5.92 Å². The van der Waals surface area contributed by atoms with Crippen molar-refractivity contribution in [1.29, 1.82) is 0 Å². The van der Waals surface area contributed by atoms with Crippen molar-refractivity contribution in [3.05, 3.63) is 34.6 Å². The zero-order chi connectivity index (χ0) is 21.5. The van der Waals surface area contributed by atoms with E-state index in [-0.39, 0.29) is 11.8 Å². The van der Waals surface area contributed by atoms with Crippen molar-refractivity contribution in [1.82, 2.24) is 20.4 Å². The fourth-order valence-corrected chi connectivity index (χ4v) is 4.74. The van der Waals surface area contributed by atoms with Crippen LogP contribution in [0.3, 0.4) is 0 Å². The van der Waals surface area contributed by atoms with Crippen LogP contribution < -0.4 is 5.32 Å². The van der Waals surface area contributed by atoms with Gasteiger partial charge in [0.2, 0.25) is 17.6 Å². The van der Waals surface area contributed by atoms with Crippen molar-refractivity contribution in [2.45, 2.75) is 57.6 Å². The Kier molecular flexibility index (Phi) is 8.10. The second-order valence-corrected chi connectivity index (χ2v) is 9.41. The van der Waals surface area contributed by atoms with Gasteiger partial charge in [0.1, 0.15) is 0 Å². The van der Waals surface area contributed by atoms with E-state index in [0.29, 0.717) is 30.9 Å². The van der Waals surface area contributed by atoms with Crippen LogP contribution in [0.1, 0.15) is 50.8 Å². The van der Waals surface area contributed by atoms with Gasteiger partial charge >= 0.3 is 0 Å². The molecule has 0 radical (unpaired) electrons. The maximum atomic E-state index is 12.5. The molecule has 1 amide bonds. The topological polar surface area (TPSA) is 80.5 Å².